The van der Waals surface area contributed by atoms with E-state index in [2.05, 4.69) is 5.32 Å². The van der Waals surface area contributed by atoms with Crippen LogP contribution >= 0.6 is 0 Å². The maximum absolute atomic E-state index is 12.5. The van der Waals surface area contributed by atoms with Crippen molar-refractivity contribution < 1.29 is 9.90 Å². The molecule has 2 N–H and O–H groups in total. The van der Waals surface area contributed by atoms with Crippen LogP contribution in [0, 0.1) is 0 Å². The summed E-state index contributed by atoms with van der Waals surface area (Å²) >= 11 is 0. The first-order valence-electron chi connectivity index (χ1n) is 7.39. The van der Waals surface area contributed by atoms with Gasteiger partial charge in [-0.3, -0.25) is 4.79 Å². The molecule has 0 aliphatic heterocycles. The molecule has 110 valence electrons. The predicted octanol–water partition coefficient (Wildman–Crippen LogP) is 2.51. The number of aliphatic hydroxyl groups excluding tert-OH is 1. The first kappa shape index (κ1) is 13.9. The van der Waals surface area contributed by atoms with Crippen LogP contribution in [0.4, 0.5) is 0 Å². The van der Waals surface area contributed by atoms with E-state index >= 15 is 0 Å². The highest BCUT2D eigenvalue weighted by atomic mass is 16.3. The Kier molecular flexibility index (Phi) is 3.80. The van der Waals surface area contributed by atoms with Gasteiger partial charge < -0.3 is 15.0 Å². The maximum atomic E-state index is 12.5. The second-order valence-electron chi connectivity index (χ2n) is 5.74. The summed E-state index contributed by atoms with van der Waals surface area (Å²) in [5, 5.41) is 12.6. The molecule has 4 heteroatoms. The van der Waals surface area contributed by atoms with E-state index in [1.807, 2.05) is 53.4 Å². The summed E-state index contributed by atoms with van der Waals surface area (Å²) in [5.41, 5.74) is 1.15. The number of benzene rings is 1. The van der Waals surface area contributed by atoms with Gasteiger partial charge in [-0.15, -0.1) is 0 Å². The lowest BCUT2D eigenvalue weighted by Crippen LogP contribution is -2.49. The highest BCUT2D eigenvalue weighted by Gasteiger charge is 2.34. The third-order valence-corrected chi connectivity index (χ3v) is 4.25. The molecule has 1 amide bonds. The summed E-state index contributed by atoms with van der Waals surface area (Å²) in [5.74, 6) is -0.111. The zero-order valence-electron chi connectivity index (χ0n) is 12.0. The molecule has 1 aromatic heterocycles. The highest BCUT2D eigenvalue weighted by molar-refractivity contribution is 5.95. The molecule has 21 heavy (non-hydrogen) atoms. The van der Waals surface area contributed by atoms with E-state index in [1.54, 1.807) is 0 Å². The van der Waals surface area contributed by atoms with Crippen LogP contribution < -0.4 is 5.32 Å². The summed E-state index contributed by atoms with van der Waals surface area (Å²) in [7, 11) is 0. The molecule has 0 bridgehead atoms. The largest absolute Gasteiger partial charge is 0.394 e. The van der Waals surface area contributed by atoms with Gasteiger partial charge in [0.15, 0.2) is 0 Å². The van der Waals surface area contributed by atoms with Crippen LogP contribution in [0.2, 0.25) is 0 Å². The fourth-order valence-corrected chi connectivity index (χ4v) is 3.00. The van der Waals surface area contributed by atoms with E-state index in [0.29, 0.717) is 5.56 Å². The Morgan fingerprint density at radius 3 is 2.57 bits per heavy atom. The molecule has 1 aliphatic rings. The van der Waals surface area contributed by atoms with Gasteiger partial charge in [-0.1, -0.05) is 18.9 Å². The van der Waals surface area contributed by atoms with Gasteiger partial charge in [-0.2, -0.15) is 0 Å². The van der Waals surface area contributed by atoms with Crippen molar-refractivity contribution in [3.8, 4) is 5.69 Å². The van der Waals surface area contributed by atoms with Crippen LogP contribution in [0.3, 0.4) is 0 Å². The number of aliphatic hydroxyl groups is 1. The normalized spacial score (nSPS) is 16.8. The Labute approximate surface area is 124 Å². The van der Waals surface area contributed by atoms with Gasteiger partial charge in [0.25, 0.3) is 5.91 Å². The Morgan fingerprint density at radius 1 is 1.19 bits per heavy atom. The molecule has 0 saturated heterocycles. The lowest BCUT2D eigenvalue weighted by molar-refractivity contribution is 0.0838. The third-order valence-electron chi connectivity index (χ3n) is 4.25. The van der Waals surface area contributed by atoms with Crippen LogP contribution in [0.25, 0.3) is 5.69 Å². The number of hydrogen-bond acceptors (Lipinski definition) is 2. The molecule has 4 nitrogen and oxygen atoms in total. The van der Waals surface area contributed by atoms with Gasteiger partial charge >= 0.3 is 0 Å². The van der Waals surface area contributed by atoms with Gasteiger partial charge in [-0.05, 0) is 43.2 Å². The molecule has 3 rings (SSSR count). The van der Waals surface area contributed by atoms with E-state index < -0.39 is 5.54 Å². The van der Waals surface area contributed by atoms with Crippen LogP contribution in [0.15, 0.2) is 48.8 Å². The lowest BCUT2D eigenvalue weighted by atomic mass is 9.98. The lowest BCUT2D eigenvalue weighted by Gasteiger charge is -2.28. The van der Waals surface area contributed by atoms with Crippen LogP contribution in [-0.4, -0.2) is 27.7 Å². The van der Waals surface area contributed by atoms with Gasteiger partial charge in [0.1, 0.15) is 0 Å². The van der Waals surface area contributed by atoms with E-state index in [0.717, 1.165) is 31.4 Å². The van der Waals surface area contributed by atoms with Gasteiger partial charge in [0.2, 0.25) is 0 Å². The van der Waals surface area contributed by atoms with Crippen molar-refractivity contribution in [3.63, 3.8) is 0 Å². The van der Waals surface area contributed by atoms with Crippen molar-refractivity contribution in [2.45, 2.75) is 31.2 Å². The van der Waals surface area contributed by atoms with Crippen molar-refractivity contribution in [2.24, 2.45) is 0 Å². The molecule has 0 atom stereocenters. The number of nitrogens with one attached hydrogen (secondary N) is 1. The summed E-state index contributed by atoms with van der Waals surface area (Å²) < 4.78 is 1.97. The second kappa shape index (κ2) is 5.74. The summed E-state index contributed by atoms with van der Waals surface area (Å²) in [4.78, 5) is 12.5. The monoisotopic (exact) mass is 284 g/mol. The Hall–Kier alpha value is -2.07. The number of carbonyl (C=O) groups excluding carboxylic acids is 1. The standard InChI is InChI=1S/C17H20N2O2/c20-13-17(8-1-2-9-17)18-16(21)14-6-5-7-15(12-14)19-10-3-4-11-19/h3-7,10-12,20H,1-2,8-9,13H2,(H,18,21). The van der Waals surface area contributed by atoms with Gasteiger partial charge in [0, 0.05) is 23.6 Å². The molecule has 2 aromatic rings. The van der Waals surface area contributed by atoms with Crippen LogP contribution in [0.1, 0.15) is 36.0 Å². The van der Waals surface area contributed by atoms with Crippen molar-refractivity contribution >= 4 is 5.91 Å². The average Bonchev–Trinajstić information content (AvgIpc) is 3.19. The number of hydrogen-bond donors (Lipinski definition) is 2. The molecule has 1 fully saturated rings. The number of nitrogens with zero attached hydrogens (tertiary/aromatic N) is 1. The van der Waals surface area contributed by atoms with Crippen molar-refractivity contribution in [2.75, 3.05) is 6.61 Å². The first-order valence-corrected chi connectivity index (χ1v) is 7.39. The number of amides is 1. The second-order valence-corrected chi connectivity index (χ2v) is 5.74. The Bertz CT molecular complexity index is 613. The van der Waals surface area contributed by atoms with Gasteiger partial charge in [-0.25, -0.2) is 0 Å². The zero-order chi connectivity index (χ0) is 14.7. The molecule has 1 saturated carbocycles. The summed E-state index contributed by atoms with van der Waals surface area (Å²) in [6, 6.07) is 11.4. The Morgan fingerprint density at radius 2 is 1.90 bits per heavy atom. The minimum Gasteiger partial charge on any atom is -0.394 e. The SMILES string of the molecule is O=C(NC1(CO)CCCC1)c1cccc(-n2cccc2)c1. The van der Waals surface area contributed by atoms with E-state index in [-0.39, 0.29) is 12.5 Å². The van der Waals surface area contributed by atoms with Crippen molar-refractivity contribution in [1.82, 2.24) is 9.88 Å². The summed E-state index contributed by atoms with van der Waals surface area (Å²) in [6.45, 7) is 0.00995. The Balaban J connectivity index is 1.80. The van der Waals surface area contributed by atoms with Crippen LogP contribution in [0.5, 0.6) is 0 Å². The summed E-state index contributed by atoms with van der Waals surface area (Å²) in [6.07, 6.45) is 7.72. The topological polar surface area (TPSA) is 54.3 Å². The number of carbonyl (C=O) groups is 1. The molecule has 1 aliphatic carbocycles. The first-order chi connectivity index (χ1) is 10.2. The minimum atomic E-state index is -0.430. The fourth-order valence-electron chi connectivity index (χ4n) is 3.00. The van der Waals surface area contributed by atoms with Gasteiger partial charge in [0.05, 0.1) is 12.1 Å². The third kappa shape index (κ3) is 2.85. The minimum absolute atomic E-state index is 0.00995. The molecule has 1 heterocycles. The number of aromatic nitrogens is 1. The molecular formula is C17H20N2O2. The van der Waals surface area contributed by atoms with Crippen molar-refractivity contribution in [3.05, 3.63) is 54.4 Å². The molecule has 0 spiro atoms. The fraction of sp³-hybridized carbons (Fsp3) is 0.353. The maximum Gasteiger partial charge on any atom is 0.251 e. The smallest absolute Gasteiger partial charge is 0.251 e. The van der Waals surface area contributed by atoms with Crippen LogP contribution in [-0.2, 0) is 0 Å². The number of rotatable bonds is 4. The van der Waals surface area contributed by atoms with E-state index in [4.69, 9.17) is 0 Å². The molecular weight excluding hydrogens is 264 g/mol. The quantitative estimate of drug-likeness (QED) is 0.906. The van der Waals surface area contributed by atoms with E-state index in [9.17, 15) is 9.90 Å². The van der Waals surface area contributed by atoms with Crippen molar-refractivity contribution in [1.29, 1.82) is 0 Å². The molecule has 0 unspecified atom stereocenters. The molecule has 1 aromatic carbocycles. The van der Waals surface area contributed by atoms with E-state index in [1.165, 1.54) is 0 Å². The predicted molar refractivity (Wildman–Crippen MR) is 81.5 cm³/mol. The highest BCUT2D eigenvalue weighted by Crippen LogP contribution is 2.29. The zero-order valence-corrected chi connectivity index (χ0v) is 12.0. The average molecular weight is 284 g/mol. The molecule has 0 radical (unpaired) electrons.